The van der Waals surface area contributed by atoms with Crippen molar-refractivity contribution in [1.82, 2.24) is 4.90 Å². The Bertz CT molecular complexity index is 115. The smallest absolute Gasteiger partial charge is 0.00668 e. The molecule has 2 heteroatoms. The van der Waals surface area contributed by atoms with Crippen LogP contribution in [0, 0.1) is 0 Å². The molecule has 0 radical (unpaired) electrons. The third-order valence-electron chi connectivity index (χ3n) is 2.65. The minimum absolute atomic E-state index is 0.733. The summed E-state index contributed by atoms with van der Waals surface area (Å²) in [6.07, 6.45) is 6.36. The Morgan fingerprint density at radius 3 is 2.00 bits per heavy atom. The Morgan fingerprint density at radius 2 is 1.62 bits per heavy atom. The van der Waals surface area contributed by atoms with Gasteiger partial charge in [0.25, 0.3) is 0 Å². The first-order valence-corrected chi connectivity index (χ1v) is 7.11. The number of unbranched alkanes of at least 4 members (excludes halogenated alkanes) is 1. The van der Waals surface area contributed by atoms with Crippen molar-refractivity contribution in [2.24, 2.45) is 5.73 Å². The summed E-state index contributed by atoms with van der Waals surface area (Å²) < 4.78 is 0. The zero-order chi connectivity index (χ0) is 12.8. The highest BCUT2D eigenvalue weighted by molar-refractivity contribution is 4.65. The fraction of sp³-hybridized carbons (Fsp3) is 1.00. The second kappa shape index (κ2) is 14.9. The fourth-order valence-corrected chi connectivity index (χ4v) is 1.67. The van der Waals surface area contributed by atoms with Gasteiger partial charge in [-0.15, -0.1) is 0 Å². The van der Waals surface area contributed by atoms with E-state index in [4.69, 9.17) is 5.73 Å². The van der Waals surface area contributed by atoms with Crippen LogP contribution in [0.4, 0.5) is 0 Å². The van der Waals surface area contributed by atoms with Gasteiger partial charge in [0.2, 0.25) is 0 Å². The van der Waals surface area contributed by atoms with E-state index in [1.165, 1.54) is 25.7 Å². The van der Waals surface area contributed by atoms with Crippen LogP contribution in [-0.4, -0.2) is 30.6 Å². The van der Waals surface area contributed by atoms with Crippen LogP contribution in [0.3, 0.4) is 0 Å². The summed E-state index contributed by atoms with van der Waals surface area (Å²) in [5.41, 5.74) is 5.51. The Balaban J connectivity index is 0. The number of rotatable bonds is 8. The van der Waals surface area contributed by atoms with E-state index >= 15 is 0 Å². The minimum atomic E-state index is 0.733. The number of nitrogens with two attached hydrogens (primary N) is 1. The average molecular weight is 230 g/mol. The molecule has 0 amide bonds. The van der Waals surface area contributed by atoms with Crippen LogP contribution in [0.5, 0.6) is 0 Å². The van der Waals surface area contributed by atoms with Gasteiger partial charge in [-0.3, -0.25) is 0 Å². The standard InChI is InChI=1S/C11H26N2.C3H8/c1-4-6-8-11(3)13(5-2)10-7-9-12;1-3-2/h11H,4-10,12H2,1-3H3;3H2,1-2H3. The summed E-state index contributed by atoms with van der Waals surface area (Å²) in [5.74, 6) is 0. The van der Waals surface area contributed by atoms with Gasteiger partial charge in [-0.05, 0) is 39.4 Å². The van der Waals surface area contributed by atoms with Crippen molar-refractivity contribution < 1.29 is 0 Å². The molecule has 0 heterocycles. The third-order valence-corrected chi connectivity index (χ3v) is 2.65. The zero-order valence-corrected chi connectivity index (χ0v) is 12.3. The van der Waals surface area contributed by atoms with Crippen molar-refractivity contribution in [3.63, 3.8) is 0 Å². The van der Waals surface area contributed by atoms with Gasteiger partial charge in [0, 0.05) is 6.04 Å². The molecule has 2 N–H and O–H groups in total. The maximum Gasteiger partial charge on any atom is 0.00668 e. The predicted molar refractivity (Wildman–Crippen MR) is 75.9 cm³/mol. The summed E-state index contributed by atoms with van der Waals surface area (Å²) >= 11 is 0. The maximum absolute atomic E-state index is 5.51. The van der Waals surface area contributed by atoms with Gasteiger partial charge in [-0.2, -0.15) is 0 Å². The first kappa shape index (κ1) is 18.3. The highest BCUT2D eigenvalue weighted by Gasteiger charge is 2.09. The van der Waals surface area contributed by atoms with E-state index in [0.717, 1.165) is 32.1 Å². The Kier molecular flexibility index (Phi) is 17.1. The molecule has 16 heavy (non-hydrogen) atoms. The van der Waals surface area contributed by atoms with Crippen LogP contribution >= 0.6 is 0 Å². The van der Waals surface area contributed by atoms with E-state index in [9.17, 15) is 0 Å². The van der Waals surface area contributed by atoms with Crippen LogP contribution in [0.15, 0.2) is 0 Å². The molecule has 0 saturated heterocycles. The molecule has 0 rings (SSSR count). The van der Waals surface area contributed by atoms with Crippen LogP contribution in [0.1, 0.15) is 66.7 Å². The van der Waals surface area contributed by atoms with Gasteiger partial charge < -0.3 is 10.6 Å². The van der Waals surface area contributed by atoms with Gasteiger partial charge in [0.05, 0.1) is 0 Å². The van der Waals surface area contributed by atoms with Crippen LogP contribution in [0.25, 0.3) is 0 Å². The topological polar surface area (TPSA) is 29.3 Å². The molecule has 0 aromatic carbocycles. The number of hydrogen-bond donors (Lipinski definition) is 1. The highest BCUT2D eigenvalue weighted by Crippen LogP contribution is 2.08. The SMILES string of the molecule is CCC.CCCCC(C)N(CC)CCCN. The molecule has 0 spiro atoms. The van der Waals surface area contributed by atoms with Crippen molar-refractivity contribution in [3.8, 4) is 0 Å². The van der Waals surface area contributed by atoms with Gasteiger partial charge in [-0.1, -0.05) is 47.0 Å². The number of hydrogen-bond acceptors (Lipinski definition) is 2. The summed E-state index contributed by atoms with van der Waals surface area (Å²) in [7, 11) is 0. The first-order valence-electron chi connectivity index (χ1n) is 7.11. The molecule has 100 valence electrons. The van der Waals surface area contributed by atoms with Gasteiger partial charge in [0.1, 0.15) is 0 Å². The molecule has 1 atom stereocenters. The van der Waals surface area contributed by atoms with Gasteiger partial charge in [0.15, 0.2) is 0 Å². The van der Waals surface area contributed by atoms with Crippen molar-refractivity contribution in [2.45, 2.75) is 72.8 Å². The average Bonchev–Trinajstić information content (AvgIpc) is 2.28. The molecule has 0 aliphatic rings. The van der Waals surface area contributed by atoms with E-state index in [2.05, 4.69) is 39.5 Å². The van der Waals surface area contributed by atoms with E-state index in [0.29, 0.717) is 0 Å². The zero-order valence-electron chi connectivity index (χ0n) is 12.3. The Morgan fingerprint density at radius 1 is 1.06 bits per heavy atom. The molecular weight excluding hydrogens is 196 g/mol. The van der Waals surface area contributed by atoms with Gasteiger partial charge >= 0.3 is 0 Å². The maximum atomic E-state index is 5.51. The lowest BCUT2D eigenvalue weighted by molar-refractivity contribution is 0.206. The third kappa shape index (κ3) is 12.0. The first-order chi connectivity index (χ1) is 7.67. The van der Waals surface area contributed by atoms with E-state index < -0.39 is 0 Å². The Labute approximate surface area is 104 Å². The largest absolute Gasteiger partial charge is 0.330 e. The lowest BCUT2D eigenvalue weighted by Crippen LogP contribution is -2.34. The summed E-state index contributed by atoms with van der Waals surface area (Å²) in [5, 5.41) is 0. The molecular formula is C14H34N2. The molecule has 0 aliphatic heterocycles. The predicted octanol–water partition coefficient (Wildman–Crippen LogP) is 3.65. The van der Waals surface area contributed by atoms with Crippen LogP contribution < -0.4 is 5.73 Å². The summed E-state index contributed by atoms with van der Waals surface area (Å²) in [4.78, 5) is 2.53. The van der Waals surface area contributed by atoms with Crippen molar-refractivity contribution in [1.29, 1.82) is 0 Å². The molecule has 0 aromatic rings. The Hall–Kier alpha value is -0.0800. The normalized spacial score (nSPS) is 12.2. The van der Waals surface area contributed by atoms with Crippen molar-refractivity contribution in [2.75, 3.05) is 19.6 Å². The molecule has 0 saturated carbocycles. The molecule has 0 aliphatic carbocycles. The van der Waals surface area contributed by atoms with E-state index in [1.54, 1.807) is 0 Å². The second-order valence-corrected chi connectivity index (χ2v) is 4.47. The second-order valence-electron chi connectivity index (χ2n) is 4.47. The van der Waals surface area contributed by atoms with Crippen LogP contribution in [-0.2, 0) is 0 Å². The molecule has 0 aromatic heterocycles. The summed E-state index contributed by atoms with van der Waals surface area (Å²) in [6.45, 7) is 14.2. The molecule has 2 nitrogen and oxygen atoms in total. The molecule has 0 fully saturated rings. The number of nitrogens with zero attached hydrogens (tertiary/aromatic N) is 1. The lowest BCUT2D eigenvalue weighted by Gasteiger charge is -2.27. The molecule has 1 unspecified atom stereocenters. The highest BCUT2D eigenvalue weighted by atomic mass is 15.1. The van der Waals surface area contributed by atoms with Crippen molar-refractivity contribution in [3.05, 3.63) is 0 Å². The van der Waals surface area contributed by atoms with Crippen molar-refractivity contribution >= 4 is 0 Å². The van der Waals surface area contributed by atoms with E-state index in [1.807, 2.05) is 0 Å². The quantitative estimate of drug-likeness (QED) is 0.689. The lowest BCUT2D eigenvalue weighted by atomic mass is 10.1. The van der Waals surface area contributed by atoms with E-state index in [-0.39, 0.29) is 0 Å². The van der Waals surface area contributed by atoms with Gasteiger partial charge in [-0.25, -0.2) is 0 Å². The van der Waals surface area contributed by atoms with Crippen LogP contribution in [0.2, 0.25) is 0 Å². The monoisotopic (exact) mass is 230 g/mol. The summed E-state index contributed by atoms with van der Waals surface area (Å²) in [6, 6.07) is 0.733. The fourth-order valence-electron chi connectivity index (χ4n) is 1.67. The molecule has 0 bridgehead atoms. The minimum Gasteiger partial charge on any atom is -0.330 e.